The van der Waals surface area contributed by atoms with Gasteiger partial charge in [0.15, 0.2) is 6.10 Å². The van der Waals surface area contributed by atoms with Crippen molar-refractivity contribution in [2.75, 3.05) is 6.54 Å². The molecule has 1 aromatic rings. The summed E-state index contributed by atoms with van der Waals surface area (Å²) in [7, 11) is 0. The lowest BCUT2D eigenvalue weighted by molar-refractivity contribution is -0.142. The van der Waals surface area contributed by atoms with Crippen LogP contribution in [0.4, 0.5) is 0 Å². The fourth-order valence-electron chi connectivity index (χ4n) is 2.39. The summed E-state index contributed by atoms with van der Waals surface area (Å²) >= 11 is 0. The van der Waals surface area contributed by atoms with Crippen molar-refractivity contribution in [2.45, 2.75) is 52.7 Å². The maximum Gasteiger partial charge on any atom is 0.326 e. The number of carboxylic acids is 1. The lowest BCUT2D eigenvalue weighted by Crippen LogP contribution is -2.48. The van der Waals surface area contributed by atoms with Crippen LogP contribution in [-0.2, 0) is 14.4 Å². The summed E-state index contributed by atoms with van der Waals surface area (Å²) in [6.07, 6.45) is 0.0331. The Bertz CT molecular complexity index is 630. The average molecular weight is 364 g/mol. The lowest BCUT2D eigenvalue weighted by atomic mass is 10.0. The molecule has 0 fully saturated rings. The quantitative estimate of drug-likeness (QED) is 0.588. The highest BCUT2D eigenvalue weighted by Gasteiger charge is 2.23. The second-order valence-electron chi connectivity index (χ2n) is 6.64. The summed E-state index contributed by atoms with van der Waals surface area (Å²) in [5.41, 5.74) is 1.02. The van der Waals surface area contributed by atoms with Crippen LogP contribution in [0.25, 0.3) is 0 Å². The fraction of sp³-hybridized carbons (Fsp3) is 0.526. The Morgan fingerprint density at radius 2 is 1.92 bits per heavy atom. The van der Waals surface area contributed by atoms with Crippen LogP contribution in [0.5, 0.6) is 5.75 Å². The largest absolute Gasteiger partial charge is 0.481 e. The number of hydrogen-bond donors (Lipinski definition) is 3. The number of rotatable bonds is 10. The standard InChI is InChI=1S/C19H28N2O5/c1-5-16(26-14-8-6-7-13(4)10-14)18(23)20-11-17(22)21-15(19(24)25)9-12(2)3/h6-8,10,12,15-16H,5,9,11H2,1-4H3,(H,20,23)(H,21,22)(H,24,25)/t15-,16?/m0/s1. The topological polar surface area (TPSA) is 105 Å². The number of hydrogen-bond acceptors (Lipinski definition) is 4. The number of ether oxygens (including phenoxy) is 1. The smallest absolute Gasteiger partial charge is 0.326 e. The molecule has 1 rings (SSSR count). The van der Waals surface area contributed by atoms with Gasteiger partial charge in [0, 0.05) is 0 Å². The van der Waals surface area contributed by atoms with Gasteiger partial charge in [-0.2, -0.15) is 0 Å². The summed E-state index contributed by atoms with van der Waals surface area (Å²) in [6, 6.07) is 6.38. The molecule has 0 saturated heterocycles. The van der Waals surface area contributed by atoms with E-state index in [1.807, 2.05) is 45.9 Å². The van der Waals surface area contributed by atoms with Crippen molar-refractivity contribution in [3.05, 3.63) is 29.8 Å². The van der Waals surface area contributed by atoms with Gasteiger partial charge in [0.1, 0.15) is 11.8 Å². The molecule has 7 heteroatoms. The minimum atomic E-state index is -1.09. The SMILES string of the molecule is CCC(Oc1cccc(C)c1)C(=O)NCC(=O)N[C@@H](CC(C)C)C(=O)O. The number of carboxylic acid groups (broad SMARTS) is 1. The maximum atomic E-state index is 12.2. The van der Waals surface area contributed by atoms with Crippen molar-refractivity contribution in [2.24, 2.45) is 5.92 Å². The number of nitrogens with one attached hydrogen (secondary N) is 2. The predicted octanol–water partition coefficient (Wildman–Crippen LogP) is 1.88. The van der Waals surface area contributed by atoms with E-state index in [9.17, 15) is 14.4 Å². The minimum absolute atomic E-state index is 0.123. The molecule has 0 bridgehead atoms. The number of amides is 2. The van der Waals surface area contributed by atoms with E-state index in [0.29, 0.717) is 18.6 Å². The van der Waals surface area contributed by atoms with Gasteiger partial charge in [0.2, 0.25) is 5.91 Å². The second kappa shape index (κ2) is 10.4. The molecule has 0 aliphatic heterocycles. The van der Waals surface area contributed by atoms with Crippen molar-refractivity contribution in [1.29, 1.82) is 0 Å². The zero-order valence-electron chi connectivity index (χ0n) is 15.7. The van der Waals surface area contributed by atoms with Crippen molar-refractivity contribution >= 4 is 17.8 Å². The third kappa shape index (κ3) is 7.55. The van der Waals surface area contributed by atoms with Crippen LogP contribution in [0, 0.1) is 12.8 Å². The van der Waals surface area contributed by atoms with E-state index in [2.05, 4.69) is 10.6 Å². The molecule has 3 N–H and O–H groups in total. The van der Waals surface area contributed by atoms with Crippen LogP contribution in [0.1, 0.15) is 39.2 Å². The summed E-state index contributed by atoms with van der Waals surface area (Å²) < 4.78 is 5.67. The van der Waals surface area contributed by atoms with E-state index in [4.69, 9.17) is 9.84 Å². The first-order chi connectivity index (χ1) is 12.2. The molecule has 0 heterocycles. The Hall–Kier alpha value is -2.57. The van der Waals surface area contributed by atoms with Gasteiger partial charge in [-0.15, -0.1) is 0 Å². The molecule has 2 amide bonds. The van der Waals surface area contributed by atoms with Crippen LogP contribution in [0.3, 0.4) is 0 Å². The molecule has 1 aromatic carbocycles. The molecular formula is C19H28N2O5. The molecule has 26 heavy (non-hydrogen) atoms. The van der Waals surface area contributed by atoms with Gasteiger partial charge in [0.25, 0.3) is 5.91 Å². The predicted molar refractivity (Wildman–Crippen MR) is 97.9 cm³/mol. The number of aryl methyl sites for hydroxylation is 1. The van der Waals surface area contributed by atoms with Gasteiger partial charge in [-0.1, -0.05) is 32.9 Å². The Labute approximate surface area is 154 Å². The molecule has 0 aliphatic carbocycles. The van der Waals surface area contributed by atoms with E-state index >= 15 is 0 Å². The molecule has 0 radical (unpaired) electrons. The second-order valence-corrected chi connectivity index (χ2v) is 6.64. The molecular weight excluding hydrogens is 336 g/mol. The lowest BCUT2D eigenvalue weighted by Gasteiger charge is -2.19. The molecule has 144 valence electrons. The van der Waals surface area contributed by atoms with E-state index in [-0.39, 0.29) is 12.5 Å². The normalized spacial score (nSPS) is 13.0. The highest BCUT2D eigenvalue weighted by molar-refractivity contribution is 5.89. The van der Waals surface area contributed by atoms with Crippen molar-refractivity contribution in [3.63, 3.8) is 0 Å². The molecule has 0 aromatic heterocycles. The number of carbonyl (C=O) groups is 3. The molecule has 0 saturated carbocycles. The van der Waals surface area contributed by atoms with Crippen LogP contribution in [-0.4, -0.2) is 41.6 Å². The van der Waals surface area contributed by atoms with Gasteiger partial charge < -0.3 is 20.5 Å². The molecule has 0 spiro atoms. The number of aliphatic carboxylic acids is 1. The maximum absolute atomic E-state index is 12.2. The van der Waals surface area contributed by atoms with Crippen LogP contribution in [0.15, 0.2) is 24.3 Å². The fourth-order valence-corrected chi connectivity index (χ4v) is 2.39. The molecule has 7 nitrogen and oxygen atoms in total. The van der Waals surface area contributed by atoms with Gasteiger partial charge in [0.05, 0.1) is 6.54 Å². The van der Waals surface area contributed by atoms with E-state index in [1.165, 1.54) is 0 Å². The van der Waals surface area contributed by atoms with E-state index in [0.717, 1.165) is 5.56 Å². The molecule has 2 atom stereocenters. The van der Waals surface area contributed by atoms with Crippen molar-refractivity contribution in [1.82, 2.24) is 10.6 Å². The first-order valence-corrected chi connectivity index (χ1v) is 8.76. The van der Waals surface area contributed by atoms with Crippen molar-refractivity contribution in [3.8, 4) is 5.75 Å². The summed E-state index contributed by atoms with van der Waals surface area (Å²) in [4.78, 5) is 35.3. The van der Waals surface area contributed by atoms with Crippen LogP contribution < -0.4 is 15.4 Å². The van der Waals surface area contributed by atoms with Gasteiger partial charge in [-0.25, -0.2) is 4.79 Å². The third-order valence-electron chi connectivity index (χ3n) is 3.69. The third-order valence-corrected chi connectivity index (χ3v) is 3.69. The Kier molecular flexibility index (Phi) is 8.61. The minimum Gasteiger partial charge on any atom is -0.481 e. The summed E-state index contributed by atoms with van der Waals surface area (Å²) in [6.45, 7) is 7.18. The average Bonchev–Trinajstić information content (AvgIpc) is 2.56. The molecule has 0 aliphatic rings. The van der Waals surface area contributed by atoms with Gasteiger partial charge >= 0.3 is 5.97 Å². The van der Waals surface area contributed by atoms with Crippen LogP contribution >= 0.6 is 0 Å². The summed E-state index contributed by atoms with van der Waals surface area (Å²) in [5, 5.41) is 14.1. The Morgan fingerprint density at radius 1 is 1.23 bits per heavy atom. The van der Waals surface area contributed by atoms with E-state index in [1.54, 1.807) is 6.07 Å². The zero-order chi connectivity index (χ0) is 19.7. The highest BCUT2D eigenvalue weighted by atomic mass is 16.5. The monoisotopic (exact) mass is 364 g/mol. The van der Waals surface area contributed by atoms with Crippen LogP contribution in [0.2, 0.25) is 0 Å². The number of benzene rings is 1. The highest BCUT2D eigenvalue weighted by Crippen LogP contribution is 2.15. The number of carbonyl (C=O) groups excluding carboxylic acids is 2. The van der Waals surface area contributed by atoms with Gasteiger partial charge in [-0.3, -0.25) is 9.59 Å². The molecule has 1 unspecified atom stereocenters. The summed E-state index contributed by atoms with van der Waals surface area (Å²) in [5.74, 6) is -1.35. The van der Waals surface area contributed by atoms with Crippen molar-refractivity contribution < 1.29 is 24.2 Å². The Morgan fingerprint density at radius 3 is 2.46 bits per heavy atom. The van der Waals surface area contributed by atoms with E-state index < -0.39 is 29.9 Å². The Balaban J connectivity index is 2.54. The first-order valence-electron chi connectivity index (χ1n) is 8.76. The first kappa shape index (κ1) is 21.5. The van der Waals surface area contributed by atoms with Gasteiger partial charge in [-0.05, 0) is 43.4 Å². The zero-order valence-corrected chi connectivity index (χ0v) is 15.7.